The smallest absolute Gasteiger partial charge is 0.225 e. The minimum Gasteiger partial charge on any atom is -0.388 e. The van der Waals surface area contributed by atoms with Crippen LogP contribution in [0.3, 0.4) is 0 Å². The average molecular weight is 397 g/mol. The molecule has 6 heteroatoms. The van der Waals surface area contributed by atoms with Crippen molar-refractivity contribution in [3.63, 3.8) is 0 Å². The van der Waals surface area contributed by atoms with E-state index in [0.29, 0.717) is 12.5 Å². The van der Waals surface area contributed by atoms with Gasteiger partial charge in [-0.2, -0.15) is 0 Å². The van der Waals surface area contributed by atoms with E-state index in [9.17, 15) is 9.90 Å². The molecule has 6 rings (SSSR count). The minimum atomic E-state index is -0.356. The summed E-state index contributed by atoms with van der Waals surface area (Å²) >= 11 is 0. The molecular formula is C23H32N4O2. The standard InChI is InChI=1S/C23H32N4O2/c1-3-16-11-24-20(25-12-16)27-8-4-5-22(14-27,15-28)6-7-26-23-10-17-19(29)18(23)9-21(17,2)13-23/h9,11-12,15,17,19,26,29H,3-8,10,13-14H2,1-2H3/t17?,19?,21?,22-,23?/m1/s1. The van der Waals surface area contributed by atoms with Gasteiger partial charge in [0, 0.05) is 36.4 Å². The number of aryl methyl sites for hydroxylation is 1. The van der Waals surface area contributed by atoms with Gasteiger partial charge in [-0.15, -0.1) is 0 Å². The van der Waals surface area contributed by atoms with Gasteiger partial charge in [0.1, 0.15) is 6.29 Å². The van der Waals surface area contributed by atoms with Crippen molar-refractivity contribution in [1.29, 1.82) is 0 Å². The van der Waals surface area contributed by atoms with E-state index < -0.39 is 0 Å². The lowest BCUT2D eigenvalue weighted by molar-refractivity contribution is -0.117. The fourth-order valence-electron chi connectivity index (χ4n) is 6.56. The molecule has 4 bridgehead atoms. The molecule has 5 aliphatic rings. The first-order valence-electron chi connectivity index (χ1n) is 11.1. The fraction of sp³-hybridized carbons (Fsp3) is 0.696. The summed E-state index contributed by atoms with van der Waals surface area (Å²) in [7, 11) is 0. The van der Waals surface area contributed by atoms with Crippen LogP contribution in [0.25, 0.3) is 0 Å². The molecule has 4 unspecified atom stereocenters. The van der Waals surface area contributed by atoms with Crippen molar-refractivity contribution in [2.75, 3.05) is 24.5 Å². The summed E-state index contributed by atoms with van der Waals surface area (Å²) in [5.74, 6) is 1.11. The maximum absolute atomic E-state index is 12.2. The minimum absolute atomic E-state index is 0.0314. The average Bonchev–Trinajstić information content (AvgIpc) is 3.37. The van der Waals surface area contributed by atoms with E-state index in [1.165, 1.54) is 11.9 Å². The van der Waals surface area contributed by atoms with E-state index in [0.717, 1.165) is 63.1 Å². The van der Waals surface area contributed by atoms with Crippen LogP contribution in [0.4, 0.5) is 5.95 Å². The van der Waals surface area contributed by atoms with Crippen molar-refractivity contribution < 1.29 is 9.90 Å². The van der Waals surface area contributed by atoms with Crippen LogP contribution in [0.2, 0.25) is 0 Å². The molecule has 4 aliphatic carbocycles. The molecule has 5 atom stereocenters. The van der Waals surface area contributed by atoms with E-state index >= 15 is 0 Å². The van der Waals surface area contributed by atoms with Crippen molar-refractivity contribution in [3.8, 4) is 0 Å². The zero-order valence-electron chi connectivity index (χ0n) is 17.5. The Hall–Kier alpha value is -1.79. The molecule has 0 amide bonds. The summed E-state index contributed by atoms with van der Waals surface area (Å²) in [5, 5.41) is 14.3. The second-order valence-electron chi connectivity index (χ2n) is 10.0. The number of carbonyl (C=O) groups excluding carboxylic acids is 1. The molecule has 6 nitrogen and oxygen atoms in total. The normalized spacial score (nSPS) is 40.0. The van der Waals surface area contributed by atoms with E-state index in [1.807, 2.05) is 12.4 Å². The summed E-state index contributed by atoms with van der Waals surface area (Å²) in [6.45, 7) is 6.76. The highest BCUT2D eigenvalue weighted by atomic mass is 16.3. The van der Waals surface area contributed by atoms with Gasteiger partial charge in [0.15, 0.2) is 0 Å². The maximum Gasteiger partial charge on any atom is 0.225 e. The quantitative estimate of drug-likeness (QED) is 0.544. The molecule has 0 spiro atoms. The number of nitrogens with one attached hydrogen (secondary N) is 1. The van der Waals surface area contributed by atoms with E-state index in [2.05, 4.69) is 40.1 Å². The number of hydrogen-bond donors (Lipinski definition) is 2. The molecule has 1 aromatic heterocycles. The molecule has 2 N–H and O–H groups in total. The zero-order chi connectivity index (χ0) is 20.3. The van der Waals surface area contributed by atoms with Crippen molar-refractivity contribution in [2.24, 2.45) is 16.7 Å². The molecule has 0 radical (unpaired) electrons. The van der Waals surface area contributed by atoms with Crippen LogP contribution >= 0.6 is 0 Å². The van der Waals surface area contributed by atoms with Crippen LogP contribution in [-0.4, -0.2) is 52.6 Å². The molecule has 1 saturated heterocycles. The number of aromatic nitrogens is 2. The topological polar surface area (TPSA) is 78.4 Å². The Balaban J connectivity index is 1.24. The van der Waals surface area contributed by atoms with Crippen LogP contribution in [-0.2, 0) is 11.2 Å². The first-order valence-corrected chi connectivity index (χ1v) is 11.1. The van der Waals surface area contributed by atoms with Gasteiger partial charge in [-0.25, -0.2) is 9.97 Å². The van der Waals surface area contributed by atoms with Gasteiger partial charge in [0.25, 0.3) is 0 Å². The molecule has 2 heterocycles. The number of nitrogens with zero attached hydrogens (tertiary/aromatic N) is 3. The van der Waals surface area contributed by atoms with Gasteiger partial charge in [-0.1, -0.05) is 19.9 Å². The maximum atomic E-state index is 12.2. The van der Waals surface area contributed by atoms with Gasteiger partial charge < -0.3 is 20.1 Å². The molecule has 2 saturated carbocycles. The summed E-state index contributed by atoms with van der Waals surface area (Å²) < 4.78 is 0. The highest BCUT2D eigenvalue weighted by Gasteiger charge is 2.67. The predicted octanol–water partition coefficient (Wildman–Crippen LogP) is 2.27. The van der Waals surface area contributed by atoms with E-state index in [1.54, 1.807) is 0 Å². The number of carbonyl (C=O) groups is 1. The van der Waals surface area contributed by atoms with Crippen LogP contribution in [0.1, 0.15) is 51.5 Å². The summed E-state index contributed by atoms with van der Waals surface area (Å²) in [6, 6.07) is 0. The number of aldehydes is 1. The first-order chi connectivity index (χ1) is 13.9. The summed E-state index contributed by atoms with van der Waals surface area (Å²) in [6.07, 6.45) is 12.8. The second kappa shape index (κ2) is 6.61. The van der Waals surface area contributed by atoms with Crippen LogP contribution < -0.4 is 10.2 Å². The third-order valence-electron chi connectivity index (χ3n) is 8.16. The molecule has 3 fully saturated rings. The van der Waals surface area contributed by atoms with Gasteiger partial charge in [0.05, 0.1) is 6.10 Å². The Morgan fingerprint density at radius 3 is 2.76 bits per heavy atom. The largest absolute Gasteiger partial charge is 0.388 e. The monoisotopic (exact) mass is 396 g/mol. The van der Waals surface area contributed by atoms with Crippen molar-refractivity contribution in [1.82, 2.24) is 15.3 Å². The van der Waals surface area contributed by atoms with Gasteiger partial charge in [-0.05, 0) is 67.5 Å². The number of rotatable bonds is 7. The number of hydrogen-bond acceptors (Lipinski definition) is 6. The Bertz CT molecular complexity index is 840. The third-order valence-corrected chi connectivity index (χ3v) is 8.16. The van der Waals surface area contributed by atoms with Crippen LogP contribution in [0.5, 0.6) is 0 Å². The number of anilines is 1. The molecular weight excluding hydrogens is 364 g/mol. The SMILES string of the molecule is CCc1cnc(N2CCC[C@@](C=O)(CCNC34CC5C(O)C3=CC5(C)C4)C2)nc1. The number of aliphatic hydroxyl groups excluding tert-OH is 1. The van der Waals surface area contributed by atoms with Crippen LogP contribution in [0, 0.1) is 16.7 Å². The van der Waals surface area contributed by atoms with E-state index in [-0.39, 0.29) is 22.5 Å². The number of aliphatic hydroxyl groups is 1. The first kappa shape index (κ1) is 19.2. The van der Waals surface area contributed by atoms with Crippen LogP contribution in [0.15, 0.2) is 24.0 Å². The Morgan fingerprint density at radius 2 is 2.17 bits per heavy atom. The molecule has 29 heavy (non-hydrogen) atoms. The molecule has 1 aliphatic heterocycles. The molecule has 156 valence electrons. The molecule has 1 aromatic rings. The Morgan fingerprint density at radius 1 is 1.38 bits per heavy atom. The zero-order valence-corrected chi connectivity index (χ0v) is 17.5. The second-order valence-corrected chi connectivity index (χ2v) is 10.0. The van der Waals surface area contributed by atoms with Crippen molar-refractivity contribution >= 4 is 12.2 Å². The Kier molecular flexibility index (Phi) is 4.37. The fourth-order valence-corrected chi connectivity index (χ4v) is 6.56. The number of piperidine rings is 1. The lowest BCUT2D eigenvalue weighted by Gasteiger charge is -2.40. The van der Waals surface area contributed by atoms with Gasteiger partial charge >= 0.3 is 0 Å². The molecule has 0 aromatic carbocycles. The van der Waals surface area contributed by atoms with Crippen molar-refractivity contribution in [2.45, 2.75) is 64.0 Å². The highest BCUT2D eigenvalue weighted by molar-refractivity contribution is 5.61. The summed E-state index contributed by atoms with van der Waals surface area (Å²) in [4.78, 5) is 23.4. The van der Waals surface area contributed by atoms with Gasteiger partial charge in [0.2, 0.25) is 5.95 Å². The Labute approximate surface area is 172 Å². The lowest BCUT2D eigenvalue weighted by atomic mass is 9.78. The van der Waals surface area contributed by atoms with Crippen molar-refractivity contribution in [3.05, 3.63) is 29.6 Å². The van der Waals surface area contributed by atoms with E-state index in [4.69, 9.17) is 0 Å². The predicted molar refractivity (Wildman–Crippen MR) is 112 cm³/mol. The third kappa shape index (κ3) is 2.87. The summed E-state index contributed by atoms with van der Waals surface area (Å²) in [5.41, 5.74) is 2.11. The highest BCUT2D eigenvalue weighted by Crippen LogP contribution is 2.67. The lowest BCUT2D eigenvalue weighted by Crippen LogP contribution is -2.49. The number of allylic oxidation sites excluding steroid dienone is 1. The van der Waals surface area contributed by atoms with Gasteiger partial charge in [-0.3, -0.25) is 0 Å².